The molecule has 10 nitrogen and oxygen atoms in total. The fourth-order valence-corrected chi connectivity index (χ4v) is 2.76. The first-order chi connectivity index (χ1) is 11.8. The number of amidine groups is 1. The van der Waals surface area contributed by atoms with Gasteiger partial charge in [0.15, 0.2) is 18.1 Å². The molecule has 0 radical (unpaired) electrons. The number of amides is 1. The summed E-state index contributed by atoms with van der Waals surface area (Å²) in [5.74, 6) is 0.497. The van der Waals surface area contributed by atoms with Gasteiger partial charge in [-0.25, -0.2) is 4.63 Å². The molecule has 0 atom stereocenters. The summed E-state index contributed by atoms with van der Waals surface area (Å²) in [5.41, 5.74) is 6.12. The minimum absolute atomic E-state index is 0.119. The minimum atomic E-state index is -0.136. The highest BCUT2D eigenvalue weighted by Gasteiger charge is 2.24. The molecule has 0 saturated carbocycles. The summed E-state index contributed by atoms with van der Waals surface area (Å²) in [6, 6.07) is 0. The van der Waals surface area contributed by atoms with Crippen molar-refractivity contribution in [1.82, 2.24) is 20.1 Å². The number of ether oxygens (including phenoxy) is 1. The number of carbonyl (C=O) groups is 1. The lowest BCUT2D eigenvalue weighted by Crippen LogP contribution is -2.42. The van der Waals surface area contributed by atoms with Crippen LogP contribution in [0.15, 0.2) is 9.78 Å². The summed E-state index contributed by atoms with van der Waals surface area (Å²) in [7, 11) is 0. The largest absolute Gasteiger partial charge is 0.384 e. The Morgan fingerprint density at radius 1 is 1.12 bits per heavy atom. The number of hydrogen-bond acceptors (Lipinski definition) is 8. The van der Waals surface area contributed by atoms with E-state index in [1.807, 2.05) is 4.90 Å². The van der Waals surface area contributed by atoms with Gasteiger partial charge < -0.3 is 25.1 Å². The maximum atomic E-state index is 12.1. The number of hydrogen-bond donors (Lipinski definition) is 1. The molecule has 3 heterocycles. The summed E-state index contributed by atoms with van der Waals surface area (Å²) >= 11 is 0. The Hall–Kier alpha value is -2.36. The normalized spacial score (nSPS) is 19.4. The van der Waals surface area contributed by atoms with Crippen molar-refractivity contribution in [3.8, 4) is 0 Å². The van der Waals surface area contributed by atoms with Crippen molar-refractivity contribution in [3.05, 3.63) is 5.69 Å². The van der Waals surface area contributed by atoms with Gasteiger partial charge in [-0.3, -0.25) is 4.79 Å². The Kier molecular flexibility index (Phi) is 5.47. The number of aromatic nitrogens is 2. The summed E-state index contributed by atoms with van der Waals surface area (Å²) in [6.45, 7) is 3.76. The molecule has 2 aliphatic rings. The fourth-order valence-electron chi connectivity index (χ4n) is 2.76. The fraction of sp³-hybridized carbons (Fsp3) is 0.714. The summed E-state index contributed by atoms with van der Waals surface area (Å²) in [6.07, 6.45) is 3.28. The molecule has 0 aliphatic carbocycles. The lowest BCUT2D eigenvalue weighted by molar-refractivity contribution is -0.140. The minimum Gasteiger partial charge on any atom is -0.384 e. The number of nitrogen functional groups attached to an aromatic ring is 1. The number of piperidine rings is 1. The highest BCUT2D eigenvalue weighted by Crippen LogP contribution is 2.16. The molecule has 0 aromatic carbocycles. The lowest BCUT2D eigenvalue weighted by Gasteiger charge is -2.28. The van der Waals surface area contributed by atoms with Gasteiger partial charge in [-0.2, -0.15) is 0 Å². The van der Waals surface area contributed by atoms with E-state index in [9.17, 15) is 4.79 Å². The third-order valence-electron chi connectivity index (χ3n) is 4.08. The maximum absolute atomic E-state index is 12.1. The van der Waals surface area contributed by atoms with Crippen LogP contribution >= 0.6 is 0 Å². The van der Waals surface area contributed by atoms with Crippen LogP contribution in [-0.4, -0.2) is 77.9 Å². The molecule has 1 amide bonds. The Morgan fingerprint density at radius 3 is 2.54 bits per heavy atom. The first kappa shape index (κ1) is 16.5. The van der Waals surface area contributed by atoms with E-state index in [0.717, 1.165) is 25.9 Å². The number of oxime groups is 1. The molecule has 0 bridgehead atoms. The van der Waals surface area contributed by atoms with Crippen molar-refractivity contribution < 1.29 is 19.0 Å². The van der Waals surface area contributed by atoms with Crippen molar-refractivity contribution in [3.63, 3.8) is 0 Å². The molecule has 0 unspecified atom stereocenters. The highest BCUT2D eigenvalue weighted by molar-refractivity contribution is 6.00. The predicted molar refractivity (Wildman–Crippen MR) is 84.0 cm³/mol. The molecule has 132 valence electrons. The van der Waals surface area contributed by atoms with Crippen LogP contribution in [0.1, 0.15) is 25.0 Å². The predicted octanol–water partition coefficient (Wildman–Crippen LogP) is -0.325. The summed E-state index contributed by atoms with van der Waals surface area (Å²) in [5, 5.41) is 11.5. The molecule has 2 fully saturated rings. The van der Waals surface area contributed by atoms with Gasteiger partial charge >= 0.3 is 0 Å². The van der Waals surface area contributed by atoms with E-state index in [-0.39, 0.29) is 18.3 Å². The molecular weight excluding hydrogens is 316 g/mol. The quantitative estimate of drug-likeness (QED) is 0.450. The Labute approximate surface area is 139 Å². The first-order valence-electron chi connectivity index (χ1n) is 8.14. The van der Waals surface area contributed by atoms with E-state index in [1.54, 1.807) is 4.90 Å². The van der Waals surface area contributed by atoms with Crippen molar-refractivity contribution in [2.45, 2.75) is 19.3 Å². The van der Waals surface area contributed by atoms with E-state index >= 15 is 0 Å². The lowest BCUT2D eigenvalue weighted by atomic mass is 10.1. The third kappa shape index (κ3) is 3.94. The Balaban J connectivity index is 1.65. The van der Waals surface area contributed by atoms with E-state index in [2.05, 4.69) is 20.1 Å². The Bertz CT molecular complexity index is 578. The van der Waals surface area contributed by atoms with Gasteiger partial charge in [0.1, 0.15) is 0 Å². The van der Waals surface area contributed by atoms with Crippen LogP contribution in [0.5, 0.6) is 0 Å². The summed E-state index contributed by atoms with van der Waals surface area (Å²) < 4.78 is 9.89. The van der Waals surface area contributed by atoms with Crippen molar-refractivity contribution in [2.75, 3.05) is 51.7 Å². The average Bonchev–Trinajstić information content (AvgIpc) is 3.06. The molecule has 2 N–H and O–H groups in total. The SMILES string of the molecule is Nc1nonc1C(=NOCC(=O)N1CCOCC1)N1CCCCC1. The van der Waals surface area contributed by atoms with Crippen LogP contribution in [0.3, 0.4) is 0 Å². The second-order valence-corrected chi connectivity index (χ2v) is 5.73. The van der Waals surface area contributed by atoms with Gasteiger partial charge in [-0.05, 0) is 29.6 Å². The van der Waals surface area contributed by atoms with Gasteiger partial charge in [0, 0.05) is 26.2 Å². The molecule has 0 spiro atoms. The van der Waals surface area contributed by atoms with Gasteiger partial charge in [-0.15, -0.1) is 0 Å². The first-order valence-corrected chi connectivity index (χ1v) is 8.14. The monoisotopic (exact) mass is 338 g/mol. The molecule has 2 aliphatic heterocycles. The van der Waals surface area contributed by atoms with Gasteiger partial charge in [0.25, 0.3) is 5.91 Å². The Morgan fingerprint density at radius 2 is 1.88 bits per heavy atom. The second kappa shape index (κ2) is 7.95. The van der Waals surface area contributed by atoms with E-state index in [4.69, 9.17) is 15.3 Å². The number of nitrogens with two attached hydrogens (primary N) is 1. The summed E-state index contributed by atoms with van der Waals surface area (Å²) in [4.78, 5) is 21.1. The third-order valence-corrected chi connectivity index (χ3v) is 4.08. The number of nitrogens with zero attached hydrogens (tertiary/aromatic N) is 5. The standard InChI is InChI=1S/C14H22N6O4/c15-13-12(16-24-17-13)14(20-4-2-1-3-5-20)18-23-10-11(21)19-6-8-22-9-7-19/h1-10H2,(H2,15,17). The van der Waals surface area contributed by atoms with Gasteiger partial charge in [0.2, 0.25) is 5.84 Å². The maximum Gasteiger partial charge on any atom is 0.263 e. The molecule has 1 aromatic rings. The van der Waals surface area contributed by atoms with E-state index in [0.29, 0.717) is 37.8 Å². The van der Waals surface area contributed by atoms with Crippen LogP contribution < -0.4 is 5.73 Å². The van der Waals surface area contributed by atoms with Crippen LogP contribution in [0, 0.1) is 0 Å². The van der Waals surface area contributed by atoms with Gasteiger partial charge in [0.05, 0.1) is 13.2 Å². The molecular formula is C14H22N6O4. The average molecular weight is 338 g/mol. The van der Waals surface area contributed by atoms with E-state index < -0.39 is 0 Å². The molecule has 3 rings (SSSR count). The number of morpholine rings is 1. The highest BCUT2D eigenvalue weighted by atomic mass is 16.6. The van der Waals surface area contributed by atoms with Crippen LogP contribution in [0.4, 0.5) is 5.82 Å². The molecule has 1 aromatic heterocycles. The van der Waals surface area contributed by atoms with Crippen LogP contribution in [0.25, 0.3) is 0 Å². The number of rotatable bonds is 4. The zero-order valence-corrected chi connectivity index (χ0v) is 13.5. The topological polar surface area (TPSA) is 119 Å². The number of carbonyl (C=O) groups excluding carboxylic acids is 1. The second-order valence-electron chi connectivity index (χ2n) is 5.73. The van der Waals surface area contributed by atoms with Crippen molar-refractivity contribution in [2.24, 2.45) is 5.16 Å². The van der Waals surface area contributed by atoms with Crippen molar-refractivity contribution >= 4 is 17.6 Å². The van der Waals surface area contributed by atoms with Crippen LogP contribution in [-0.2, 0) is 14.4 Å². The van der Waals surface area contributed by atoms with Crippen molar-refractivity contribution in [1.29, 1.82) is 0 Å². The van der Waals surface area contributed by atoms with E-state index in [1.165, 1.54) is 6.42 Å². The van der Waals surface area contributed by atoms with Gasteiger partial charge in [-0.1, -0.05) is 5.16 Å². The zero-order valence-electron chi connectivity index (χ0n) is 13.5. The van der Waals surface area contributed by atoms with Crippen LogP contribution in [0.2, 0.25) is 0 Å². The molecule has 2 saturated heterocycles. The smallest absolute Gasteiger partial charge is 0.263 e. The number of anilines is 1. The molecule has 10 heteroatoms. The number of likely N-dealkylation sites (tertiary alicyclic amines) is 1. The molecule has 24 heavy (non-hydrogen) atoms. The zero-order chi connectivity index (χ0) is 16.8.